The Balaban J connectivity index is 5.42. The van der Waals surface area contributed by atoms with Crippen LogP contribution in [-0.2, 0) is 14.3 Å². The SMILES string of the molecule is CC(C)COC(=O)C(CC(=O)O)(CC(C)C)CC(C)(C)C. The minimum absolute atomic E-state index is 0.138. The van der Waals surface area contributed by atoms with Crippen LogP contribution in [0, 0.1) is 22.7 Å². The van der Waals surface area contributed by atoms with Crippen molar-refractivity contribution in [3.63, 3.8) is 0 Å². The molecule has 21 heavy (non-hydrogen) atoms. The Morgan fingerprint density at radius 3 is 1.90 bits per heavy atom. The molecule has 1 unspecified atom stereocenters. The maximum atomic E-state index is 12.6. The molecule has 0 fully saturated rings. The van der Waals surface area contributed by atoms with Gasteiger partial charge in [0.05, 0.1) is 18.4 Å². The molecular formula is C17H32O4. The van der Waals surface area contributed by atoms with Crippen molar-refractivity contribution in [2.24, 2.45) is 22.7 Å². The van der Waals surface area contributed by atoms with E-state index in [9.17, 15) is 14.7 Å². The van der Waals surface area contributed by atoms with E-state index in [1.165, 1.54) is 0 Å². The molecule has 0 radical (unpaired) electrons. The zero-order chi connectivity index (χ0) is 16.8. The molecule has 0 aromatic carbocycles. The van der Waals surface area contributed by atoms with Gasteiger partial charge in [0.15, 0.2) is 0 Å². The monoisotopic (exact) mass is 300 g/mol. The lowest BCUT2D eigenvalue weighted by atomic mass is 9.67. The number of carbonyl (C=O) groups excluding carboxylic acids is 1. The molecular weight excluding hydrogens is 268 g/mol. The fraction of sp³-hybridized carbons (Fsp3) is 0.882. The summed E-state index contributed by atoms with van der Waals surface area (Å²) in [6.07, 6.45) is 0.883. The lowest BCUT2D eigenvalue weighted by Gasteiger charge is -2.37. The number of esters is 1. The smallest absolute Gasteiger partial charge is 0.312 e. The maximum Gasteiger partial charge on any atom is 0.312 e. The molecule has 124 valence electrons. The fourth-order valence-electron chi connectivity index (χ4n) is 2.92. The van der Waals surface area contributed by atoms with Gasteiger partial charge in [-0.3, -0.25) is 9.59 Å². The van der Waals surface area contributed by atoms with Gasteiger partial charge in [0.25, 0.3) is 0 Å². The third-order valence-corrected chi connectivity index (χ3v) is 3.14. The van der Waals surface area contributed by atoms with Crippen LogP contribution in [0.2, 0.25) is 0 Å². The largest absolute Gasteiger partial charge is 0.481 e. The first-order chi connectivity index (χ1) is 9.38. The number of rotatable bonds is 8. The van der Waals surface area contributed by atoms with Crippen molar-refractivity contribution in [1.29, 1.82) is 0 Å². The summed E-state index contributed by atoms with van der Waals surface area (Å²) in [7, 11) is 0. The van der Waals surface area contributed by atoms with Gasteiger partial charge in [-0.05, 0) is 30.1 Å². The second kappa shape index (κ2) is 7.81. The van der Waals surface area contributed by atoms with Crippen molar-refractivity contribution in [3.8, 4) is 0 Å². The lowest BCUT2D eigenvalue weighted by Crippen LogP contribution is -2.40. The maximum absolute atomic E-state index is 12.6. The molecule has 0 aliphatic heterocycles. The molecule has 0 saturated heterocycles. The highest BCUT2D eigenvalue weighted by molar-refractivity contribution is 5.83. The highest BCUT2D eigenvalue weighted by Gasteiger charge is 2.45. The minimum atomic E-state index is -0.943. The number of carboxylic acids is 1. The van der Waals surface area contributed by atoms with Crippen LogP contribution in [0.4, 0.5) is 0 Å². The Labute approximate surface area is 129 Å². The first-order valence-electron chi connectivity index (χ1n) is 7.77. The summed E-state index contributed by atoms with van der Waals surface area (Å²) in [5, 5.41) is 9.28. The summed E-state index contributed by atoms with van der Waals surface area (Å²) in [6.45, 7) is 14.4. The second-order valence-corrected chi connectivity index (χ2v) is 8.18. The summed E-state index contributed by atoms with van der Waals surface area (Å²) in [6, 6.07) is 0. The van der Waals surface area contributed by atoms with Crippen LogP contribution in [-0.4, -0.2) is 23.7 Å². The van der Waals surface area contributed by atoms with Gasteiger partial charge in [-0.25, -0.2) is 0 Å². The summed E-state index contributed by atoms with van der Waals surface area (Å²) < 4.78 is 5.41. The van der Waals surface area contributed by atoms with E-state index in [2.05, 4.69) is 0 Å². The number of aliphatic carboxylic acids is 1. The van der Waals surface area contributed by atoms with Crippen LogP contribution >= 0.6 is 0 Å². The Bertz CT molecular complexity index is 352. The van der Waals surface area contributed by atoms with E-state index in [-0.39, 0.29) is 29.6 Å². The third-order valence-electron chi connectivity index (χ3n) is 3.14. The molecule has 1 N–H and O–H groups in total. The lowest BCUT2D eigenvalue weighted by molar-refractivity contribution is -0.165. The first kappa shape index (κ1) is 19.9. The quantitative estimate of drug-likeness (QED) is 0.685. The minimum Gasteiger partial charge on any atom is -0.481 e. The molecule has 0 aromatic rings. The average molecular weight is 300 g/mol. The molecule has 0 spiro atoms. The normalized spacial score (nSPS) is 15.1. The van der Waals surface area contributed by atoms with Gasteiger partial charge >= 0.3 is 11.9 Å². The average Bonchev–Trinajstić information content (AvgIpc) is 2.20. The number of ether oxygens (including phenoxy) is 1. The summed E-state index contributed by atoms with van der Waals surface area (Å²) >= 11 is 0. The molecule has 0 saturated carbocycles. The van der Waals surface area contributed by atoms with E-state index in [0.717, 1.165) is 0 Å². The molecule has 0 aromatic heterocycles. The van der Waals surface area contributed by atoms with Crippen LogP contribution in [0.5, 0.6) is 0 Å². The number of carboxylic acid groups (broad SMARTS) is 1. The van der Waals surface area contributed by atoms with Crippen molar-refractivity contribution in [3.05, 3.63) is 0 Å². The van der Waals surface area contributed by atoms with E-state index in [1.54, 1.807) is 0 Å². The second-order valence-electron chi connectivity index (χ2n) is 8.18. The van der Waals surface area contributed by atoms with Crippen molar-refractivity contribution in [2.75, 3.05) is 6.61 Å². The van der Waals surface area contributed by atoms with E-state index >= 15 is 0 Å². The van der Waals surface area contributed by atoms with Gasteiger partial charge in [0.2, 0.25) is 0 Å². The van der Waals surface area contributed by atoms with Crippen molar-refractivity contribution in [1.82, 2.24) is 0 Å². The highest BCUT2D eigenvalue weighted by Crippen LogP contribution is 2.42. The molecule has 0 rings (SSSR count). The predicted octanol–water partition coefficient (Wildman–Crippen LogP) is 4.13. The van der Waals surface area contributed by atoms with E-state index < -0.39 is 11.4 Å². The molecule has 0 bridgehead atoms. The molecule has 4 nitrogen and oxygen atoms in total. The molecule has 0 aliphatic rings. The number of hydrogen-bond donors (Lipinski definition) is 1. The van der Waals surface area contributed by atoms with E-state index in [4.69, 9.17) is 4.74 Å². The van der Waals surface area contributed by atoms with Crippen LogP contribution in [0.25, 0.3) is 0 Å². The van der Waals surface area contributed by atoms with Crippen molar-refractivity contribution < 1.29 is 19.4 Å². The Hall–Kier alpha value is -1.06. The van der Waals surface area contributed by atoms with Crippen LogP contribution < -0.4 is 0 Å². The van der Waals surface area contributed by atoms with Crippen LogP contribution in [0.3, 0.4) is 0 Å². The molecule has 0 aliphatic carbocycles. The Morgan fingerprint density at radius 1 is 1.05 bits per heavy atom. The van der Waals surface area contributed by atoms with Crippen LogP contribution in [0.15, 0.2) is 0 Å². The Morgan fingerprint density at radius 2 is 1.57 bits per heavy atom. The fourth-order valence-corrected chi connectivity index (χ4v) is 2.92. The van der Waals surface area contributed by atoms with Gasteiger partial charge in [-0.2, -0.15) is 0 Å². The van der Waals surface area contributed by atoms with E-state index in [1.807, 2.05) is 48.5 Å². The van der Waals surface area contributed by atoms with Crippen molar-refractivity contribution in [2.45, 2.75) is 67.7 Å². The zero-order valence-corrected chi connectivity index (χ0v) is 14.7. The number of carbonyl (C=O) groups is 2. The van der Waals surface area contributed by atoms with Crippen molar-refractivity contribution >= 4 is 11.9 Å². The summed E-state index contributed by atoms with van der Waals surface area (Å²) in [4.78, 5) is 23.9. The van der Waals surface area contributed by atoms with Gasteiger partial charge in [-0.1, -0.05) is 48.5 Å². The standard InChI is InChI=1S/C17H32O4/c1-12(2)8-17(9-14(18)19,11-16(5,6)7)15(20)21-10-13(3)4/h12-13H,8-11H2,1-7H3,(H,18,19). The third kappa shape index (κ3) is 8.08. The Kier molecular flexibility index (Phi) is 7.41. The van der Waals surface area contributed by atoms with Gasteiger partial charge in [0, 0.05) is 0 Å². The number of hydrogen-bond acceptors (Lipinski definition) is 3. The zero-order valence-electron chi connectivity index (χ0n) is 14.7. The van der Waals surface area contributed by atoms with Gasteiger partial charge < -0.3 is 9.84 Å². The molecule has 0 amide bonds. The molecule has 1 atom stereocenters. The van der Waals surface area contributed by atoms with Gasteiger partial charge in [0.1, 0.15) is 0 Å². The molecule has 0 heterocycles. The predicted molar refractivity (Wildman–Crippen MR) is 84.0 cm³/mol. The topological polar surface area (TPSA) is 63.6 Å². The summed E-state index contributed by atoms with van der Waals surface area (Å²) in [5.74, 6) is -0.827. The summed E-state index contributed by atoms with van der Waals surface area (Å²) in [5.41, 5.74) is -1.08. The first-order valence-corrected chi connectivity index (χ1v) is 7.77. The molecule has 4 heteroatoms. The highest BCUT2D eigenvalue weighted by atomic mass is 16.5. The van der Waals surface area contributed by atoms with Crippen LogP contribution in [0.1, 0.15) is 67.7 Å². The van der Waals surface area contributed by atoms with E-state index in [0.29, 0.717) is 19.4 Å². The van der Waals surface area contributed by atoms with Gasteiger partial charge in [-0.15, -0.1) is 0 Å².